The number of carbonyl (C=O) groups is 2. The Morgan fingerprint density at radius 2 is 1.92 bits per heavy atom. The fourth-order valence-corrected chi connectivity index (χ4v) is 3.47. The molecule has 0 aromatic heterocycles. The average Bonchev–Trinajstić information content (AvgIpc) is 3.00. The lowest BCUT2D eigenvalue weighted by Gasteiger charge is -2.17. The minimum Gasteiger partial charge on any atom is -0.324 e. The fraction of sp³-hybridized carbons (Fsp3) is 0.222. The van der Waals surface area contributed by atoms with Crippen molar-refractivity contribution in [2.24, 2.45) is 5.92 Å². The maximum absolute atomic E-state index is 12.5. The van der Waals surface area contributed by atoms with Gasteiger partial charge in [0.15, 0.2) is 0 Å². The van der Waals surface area contributed by atoms with Gasteiger partial charge in [-0.1, -0.05) is 23.2 Å². The molecule has 4 nitrogen and oxygen atoms in total. The highest BCUT2D eigenvalue weighted by Gasteiger charge is 2.35. The van der Waals surface area contributed by atoms with Gasteiger partial charge in [0.2, 0.25) is 11.8 Å². The summed E-state index contributed by atoms with van der Waals surface area (Å²) in [4.78, 5) is 27.6. The Morgan fingerprint density at radius 3 is 2.60 bits per heavy atom. The molecule has 3 rings (SSSR count). The average molecular weight is 395 g/mol. The minimum atomic E-state index is -0.428. The number of nitrogens with one attached hydrogen (secondary N) is 1. The number of amides is 2. The Hall–Kier alpha value is -1.69. The van der Waals surface area contributed by atoms with Crippen LogP contribution in [0.1, 0.15) is 6.42 Å². The summed E-state index contributed by atoms with van der Waals surface area (Å²) >= 11 is 13.7. The van der Waals surface area contributed by atoms with Crippen LogP contribution < -0.4 is 10.2 Å². The number of benzene rings is 2. The lowest BCUT2D eigenvalue weighted by atomic mass is 10.1. The fourth-order valence-electron chi connectivity index (χ4n) is 2.72. The van der Waals surface area contributed by atoms with Crippen LogP contribution in [0.15, 0.2) is 47.4 Å². The Morgan fingerprint density at radius 1 is 1.20 bits per heavy atom. The Bertz CT molecular complexity index is 811. The maximum atomic E-state index is 12.5. The number of anilines is 2. The molecule has 0 radical (unpaired) electrons. The molecule has 1 fully saturated rings. The van der Waals surface area contributed by atoms with E-state index in [1.165, 1.54) is 0 Å². The smallest absolute Gasteiger partial charge is 0.229 e. The van der Waals surface area contributed by atoms with E-state index in [9.17, 15) is 9.59 Å². The van der Waals surface area contributed by atoms with Crippen LogP contribution >= 0.6 is 35.0 Å². The molecular weight excluding hydrogens is 379 g/mol. The van der Waals surface area contributed by atoms with Gasteiger partial charge in [-0.25, -0.2) is 0 Å². The van der Waals surface area contributed by atoms with Crippen LogP contribution in [0.2, 0.25) is 10.0 Å². The van der Waals surface area contributed by atoms with E-state index in [1.54, 1.807) is 34.9 Å². The SMILES string of the molecule is CSc1ccc(N2CC(C(=O)Nc3cc(Cl)ccc3Cl)CC2=O)cc1. The highest BCUT2D eigenvalue weighted by Crippen LogP contribution is 2.30. The van der Waals surface area contributed by atoms with Gasteiger partial charge in [-0.2, -0.15) is 0 Å². The van der Waals surface area contributed by atoms with E-state index < -0.39 is 5.92 Å². The second-order valence-corrected chi connectivity index (χ2v) is 7.44. The lowest BCUT2D eigenvalue weighted by molar-refractivity contribution is -0.122. The van der Waals surface area contributed by atoms with Gasteiger partial charge in [0.1, 0.15) is 0 Å². The number of carbonyl (C=O) groups excluding carboxylic acids is 2. The van der Waals surface area contributed by atoms with Crippen LogP contribution in [0.4, 0.5) is 11.4 Å². The zero-order valence-corrected chi connectivity index (χ0v) is 15.8. The van der Waals surface area contributed by atoms with Crippen molar-refractivity contribution < 1.29 is 9.59 Å². The van der Waals surface area contributed by atoms with E-state index >= 15 is 0 Å². The molecule has 0 saturated carbocycles. The van der Waals surface area contributed by atoms with Gasteiger partial charge in [-0.05, 0) is 48.7 Å². The summed E-state index contributed by atoms with van der Waals surface area (Å²) in [5, 5.41) is 3.66. The zero-order valence-electron chi connectivity index (χ0n) is 13.5. The molecule has 2 aromatic rings. The van der Waals surface area contributed by atoms with Crippen molar-refractivity contribution in [3.8, 4) is 0 Å². The first-order chi connectivity index (χ1) is 12.0. The molecule has 0 bridgehead atoms. The third-order valence-electron chi connectivity index (χ3n) is 4.07. The Balaban J connectivity index is 1.70. The quantitative estimate of drug-likeness (QED) is 0.763. The summed E-state index contributed by atoms with van der Waals surface area (Å²) in [6.07, 6.45) is 2.17. The molecule has 1 saturated heterocycles. The molecule has 130 valence electrons. The third-order valence-corrected chi connectivity index (χ3v) is 5.37. The van der Waals surface area contributed by atoms with E-state index in [1.807, 2.05) is 30.5 Å². The standard InChI is InChI=1S/C18H16Cl2N2O2S/c1-25-14-5-3-13(4-6-14)22-10-11(8-17(22)23)18(24)21-16-9-12(19)2-7-15(16)20/h2-7,9,11H,8,10H2,1H3,(H,21,24). The molecule has 0 spiro atoms. The molecule has 1 atom stereocenters. The number of hydrogen-bond acceptors (Lipinski definition) is 3. The molecule has 1 aliphatic heterocycles. The number of halogens is 2. The molecule has 1 N–H and O–H groups in total. The second-order valence-electron chi connectivity index (χ2n) is 5.72. The summed E-state index contributed by atoms with van der Waals surface area (Å²) in [5.74, 6) is -0.724. The number of rotatable bonds is 4. The molecule has 2 amide bonds. The van der Waals surface area contributed by atoms with Gasteiger partial charge in [-0.15, -0.1) is 11.8 Å². The Labute approximate surface area is 160 Å². The largest absolute Gasteiger partial charge is 0.324 e. The zero-order chi connectivity index (χ0) is 18.0. The van der Waals surface area contributed by atoms with Crippen molar-refractivity contribution >= 4 is 58.2 Å². The molecule has 1 heterocycles. The Kier molecular flexibility index (Phi) is 5.57. The van der Waals surface area contributed by atoms with E-state index in [2.05, 4.69) is 5.32 Å². The van der Waals surface area contributed by atoms with Gasteiger partial charge < -0.3 is 10.2 Å². The van der Waals surface area contributed by atoms with Crippen LogP contribution in [0.3, 0.4) is 0 Å². The van der Waals surface area contributed by atoms with Crippen LogP contribution in [0, 0.1) is 5.92 Å². The van der Waals surface area contributed by atoms with Crippen LogP contribution in [0.5, 0.6) is 0 Å². The van der Waals surface area contributed by atoms with Crippen molar-refractivity contribution in [1.29, 1.82) is 0 Å². The highest BCUT2D eigenvalue weighted by atomic mass is 35.5. The van der Waals surface area contributed by atoms with E-state index in [0.29, 0.717) is 22.3 Å². The maximum Gasteiger partial charge on any atom is 0.229 e. The summed E-state index contributed by atoms with van der Waals surface area (Å²) in [6.45, 7) is 0.349. The minimum absolute atomic E-state index is 0.0609. The molecular formula is C18H16Cl2N2O2S. The van der Waals surface area contributed by atoms with Crippen LogP contribution in [0.25, 0.3) is 0 Å². The number of nitrogens with zero attached hydrogens (tertiary/aromatic N) is 1. The molecule has 25 heavy (non-hydrogen) atoms. The summed E-state index contributed by atoms with van der Waals surface area (Å²) in [6, 6.07) is 12.6. The van der Waals surface area contributed by atoms with Crippen molar-refractivity contribution in [2.45, 2.75) is 11.3 Å². The summed E-state index contributed by atoms with van der Waals surface area (Å²) in [5.41, 5.74) is 1.26. The van der Waals surface area contributed by atoms with Crippen molar-refractivity contribution in [1.82, 2.24) is 0 Å². The van der Waals surface area contributed by atoms with Gasteiger partial charge in [0.05, 0.1) is 16.6 Å². The van der Waals surface area contributed by atoms with Crippen molar-refractivity contribution in [3.05, 3.63) is 52.5 Å². The first-order valence-electron chi connectivity index (χ1n) is 7.68. The predicted molar refractivity (Wildman–Crippen MR) is 104 cm³/mol. The molecule has 7 heteroatoms. The van der Waals surface area contributed by atoms with Gasteiger partial charge in [0.25, 0.3) is 0 Å². The van der Waals surface area contributed by atoms with Gasteiger partial charge in [-0.3, -0.25) is 9.59 Å². The van der Waals surface area contributed by atoms with Crippen LogP contribution in [-0.4, -0.2) is 24.6 Å². The predicted octanol–water partition coefficient (Wildman–Crippen LogP) is 4.71. The number of hydrogen-bond donors (Lipinski definition) is 1. The summed E-state index contributed by atoms with van der Waals surface area (Å²) in [7, 11) is 0. The molecule has 2 aromatic carbocycles. The molecule has 1 aliphatic rings. The van der Waals surface area contributed by atoms with E-state index in [-0.39, 0.29) is 18.2 Å². The van der Waals surface area contributed by atoms with Crippen molar-refractivity contribution in [2.75, 3.05) is 23.0 Å². The first kappa shape index (κ1) is 18.1. The second kappa shape index (κ2) is 7.68. The third kappa shape index (κ3) is 4.11. The van der Waals surface area contributed by atoms with Gasteiger partial charge in [0, 0.05) is 28.6 Å². The van der Waals surface area contributed by atoms with Crippen molar-refractivity contribution in [3.63, 3.8) is 0 Å². The first-order valence-corrected chi connectivity index (χ1v) is 9.66. The normalized spacial score (nSPS) is 17.0. The summed E-state index contributed by atoms with van der Waals surface area (Å²) < 4.78 is 0. The lowest BCUT2D eigenvalue weighted by Crippen LogP contribution is -2.28. The number of thioether (sulfide) groups is 1. The molecule has 1 unspecified atom stereocenters. The van der Waals surface area contributed by atoms with E-state index in [0.717, 1.165) is 10.6 Å². The topological polar surface area (TPSA) is 49.4 Å². The monoisotopic (exact) mass is 394 g/mol. The van der Waals surface area contributed by atoms with Crippen LogP contribution in [-0.2, 0) is 9.59 Å². The highest BCUT2D eigenvalue weighted by molar-refractivity contribution is 7.98. The van der Waals surface area contributed by atoms with Gasteiger partial charge >= 0.3 is 0 Å². The molecule has 0 aliphatic carbocycles. The van der Waals surface area contributed by atoms with E-state index in [4.69, 9.17) is 23.2 Å².